The lowest BCUT2D eigenvalue weighted by Gasteiger charge is -2.23. The zero-order valence-corrected chi connectivity index (χ0v) is 12.2. The maximum absolute atomic E-state index is 10.7. The minimum Gasteiger partial charge on any atom is -0.496 e. The molecule has 1 saturated heterocycles. The highest BCUT2D eigenvalue weighted by Crippen LogP contribution is 2.24. The van der Waals surface area contributed by atoms with Crippen LogP contribution in [-0.4, -0.2) is 47.4 Å². The van der Waals surface area contributed by atoms with Crippen LogP contribution in [0.4, 0.5) is 0 Å². The van der Waals surface area contributed by atoms with Crippen LogP contribution in [0.5, 0.6) is 5.75 Å². The van der Waals surface area contributed by atoms with E-state index in [-0.39, 0.29) is 12.6 Å². The van der Waals surface area contributed by atoms with E-state index in [0.717, 1.165) is 43.1 Å². The van der Waals surface area contributed by atoms with Crippen LogP contribution < -0.4 is 4.74 Å². The molecule has 0 bridgehead atoms. The molecule has 1 aromatic rings. The van der Waals surface area contributed by atoms with Gasteiger partial charge in [0.2, 0.25) is 0 Å². The predicted octanol–water partition coefficient (Wildman–Crippen LogP) is 1.75. The standard InChI is InChI=1S/C16H21NO4/c1-21-15-6-4-12(9-13(15)5-7-16(19)20)10-17-8-2-3-14(17)11-18/h4-7,9,14,18H,2-3,8,10-11H2,1H3,(H,19,20). The Bertz CT molecular complexity index is 527. The third-order valence-corrected chi connectivity index (χ3v) is 3.80. The van der Waals surface area contributed by atoms with Crippen molar-refractivity contribution in [3.05, 3.63) is 35.4 Å². The Balaban J connectivity index is 2.17. The SMILES string of the molecule is COc1ccc(CN2CCCC2CO)cc1C=CC(=O)O. The maximum atomic E-state index is 10.7. The second-order valence-corrected chi connectivity index (χ2v) is 5.20. The minimum absolute atomic E-state index is 0.182. The number of carboxylic acid groups (broad SMARTS) is 1. The molecular formula is C16H21NO4. The minimum atomic E-state index is -0.984. The number of benzene rings is 1. The van der Waals surface area contributed by atoms with Crippen molar-refractivity contribution in [3.8, 4) is 5.75 Å². The smallest absolute Gasteiger partial charge is 0.328 e. The van der Waals surface area contributed by atoms with Gasteiger partial charge in [-0.15, -0.1) is 0 Å². The van der Waals surface area contributed by atoms with Crippen LogP contribution >= 0.6 is 0 Å². The van der Waals surface area contributed by atoms with Gasteiger partial charge in [-0.25, -0.2) is 4.79 Å². The van der Waals surface area contributed by atoms with E-state index in [1.807, 2.05) is 18.2 Å². The summed E-state index contributed by atoms with van der Waals surface area (Å²) in [5.41, 5.74) is 1.83. The van der Waals surface area contributed by atoms with Crippen molar-refractivity contribution in [1.82, 2.24) is 4.90 Å². The van der Waals surface area contributed by atoms with Gasteiger partial charge in [0.25, 0.3) is 0 Å². The van der Waals surface area contributed by atoms with Gasteiger partial charge in [-0.1, -0.05) is 6.07 Å². The second kappa shape index (κ2) is 7.24. The summed E-state index contributed by atoms with van der Waals surface area (Å²) < 4.78 is 5.25. The highest BCUT2D eigenvalue weighted by Gasteiger charge is 2.23. The molecule has 114 valence electrons. The summed E-state index contributed by atoms with van der Waals surface area (Å²) in [5, 5.41) is 18.1. The summed E-state index contributed by atoms with van der Waals surface area (Å²) in [6.07, 6.45) is 4.78. The van der Waals surface area contributed by atoms with Gasteiger partial charge >= 0.3 is 5.97 Å². The topological polar surface area (TPSA) is 70.0 Å². The Morgan fingerprint density at radius 2 is 2.33 bits per heavy atom. The van der Waals surface area contributed by atoms with E-state index in [0.29, 0.717) is 5.75 Å². The quantitative estimate of drug-likeness (QED) is 0.781. The van der Waals surface area contributed by atoms with Gasteiger partial charge in [0.05, 0.1) is 13.7 Å². The molecule has 0 spiro atoms. The first-order valence-corrected chi connectivity index (χ1v) is 7.07. The average Bonchev–Trinajstić information content (AvgIpc) is 2.92. The monoisotopic (exact) mass is 291 g/mol. The van der Waals surface area contributed by atoms with Gasteiger partial charge in [0.1, 0.15) is 5.75 Å². The Morgan fingerprint density at radius 1 is 1.52 bits per heavy atom. The molecule has 1 heterocycles. The molecular weight excluding hydrogens is 270 g/mol. The van der Waals surface area contributed by atoms with Crippen molar-refractivity contribution < 1.29 is 19.7 Å². The van der Waals surface area contributed by atoms with E-state index < -0.39 is 5.97 Å². The molecule has 0 aromatic heterocycles. The highest BCUT2D eigenvalue weighted by molar-refractivity contribution is 5.85. The molecule has 1 atom stereocenters. The molecule has 0 saturated carbocycles. The fraction of sp³-hybridized carbons (Fsp3) is 0.438. The highest BCUT2D eigenvalue weighted by atomic mass is 16.5. The fourth-order valence-electron chi connectivity index (χ4n) is 2.72. The number of nitrogens with zero attached hydrogens (tertiary/aromatic N) is 1. The van der Waals surface area contributed by atoms with Crippen molar-refractivity contribution in [2.75, 3.05) is 20.3 Å². The number of aliphatic hydroxyl groups excluding tert-OH is 1. The van der Waals surface area contributed by atoms with Gasteiger partial charge in [-0.05, 0) is 43.2 Å². The molecule has 0 amide bonds. The number of carbonyl (C=O) groups is 1. The molecule has 0 aliphatic carbocycles. The molecule has 1 aliphatic rings. The van der Waals surface area contributed by atoms with Gasteiger partial charge in [-0.2, -0.15) is 0 Å². The van der Waals surface area contributed by atoms with Gasteiger partial charge in [-0.3, -0.25) is 4.90 Å². The molecule has 5 heteroatoms. The average molecular weight is 291 g/mol. The van der Waals surface area contributed by atoms with Crippen LogP contribution in [0.25, 0.3) is 6.08 Å². The summed E-state index contributed by atoms with van der Waals surface area (Å²) in [7, 11) is 1.56. The normalized spacial score (nSPS) is 19.2. The molecule has 21 heavy (non-hydrogen) atoms. The lowest BCUT2D eigenvalue weighted by Crippen LogP contribution is -2.31. The maximum Gasteiger partial charge on any atom is 0.328 e. The van der Waals surface area contributed by atoms with Crippen LogP contribution in [0.2, 0.25) is 0 Å². The molecule has 5 nitrogen and oxygen atoms in total. The summed E-state index contributed by atoms with van der Waals surface area (Å²) in [4.78, 5) is 12.9. The van der Waals surface area contributed by atoms with Crippen LogP contribution in [0.3, 0.4) is 0 Å². The van der Waals surface area contributed by atoms with E-state index in [9.17, 15) is 9.90 Å². The van der Waals surface area contributed by atoms with E-state index in [4.69, 9.17) is 9.84 Å². The molecule has 1 unspecified atom stereocenters. The van der Waals surface area contributed by atoms with E-state index in [2.05, 4.69) is 4.90 Å². The van der Waals surface area contributed by atoms with Crippen molar-refractivity contribution >= 4 is 12.0 Å². The van der Waals surface area contributed by atoms with E-state index >= 15 is 0 Å². The Labute approximate surface area is 124 Å². The Kier molecular flexibility index (Phi) is 5.36. The number of aliphatic carboxylic acids is 1. The third kappa shape index (κ3) is 4.06. The van der Waals surface area contributed by atoms with Crippen molar-refractivity contribution in [1.29, 1.82) is 0 Å². The number of carboxylic acids is 1. The molecule has 0 radical (unpaired) electrons. The largest absolute Gasteiger partial charge is 0.496 e. The molecule has 1 fully saturated rings. The van der Waals surface area contributed by atoms with Crippen molar-refractivity contribution in [2.24, 2.45) is 0 Å². The summed E-state index contributed by atoms with van der Waals surface area (Å²) >= 11 is 0. The van der Waals surface area contributed by atoms with Crippen molar-refractivity contribution in [3.63, 3.8) is 0 Å². The first-order chi connectivity index (χ1) is 10.1. The third-order valence-electron chi connectivity index (χ3n) is 3.80. The zero-order chi connectivity index (χ0) is 15.2. The predicted molar refractivity (Wildman–Crippen MR) is 80.2 cm³/mol. The first-order valence-electron chi connectivity index (χ1n) is 7.07. The number of likely N-dealkylation sites (tertiary alicyclic amines) is 1. The Hall–Kier alpha value is -1.85. The summed E-state index contributed by atoms with van der Waals surface area (Å²) in [6.45, 7) is 1.92. The molecule has 2 N–H and O–H groups in total. The number of hydrogen-bond donors (Lipinski definition) is 2. The number of hydrogen-bond acceptors (Lipinski definition) is 4. The number of ether oxygens (including phenoxy) is 1. The van der Waals surface area contributed by atoms with Crippen LogP contribution in [0, 0.1) is 0 Å². The van der Waals surface area contributed by atoms with Crippen molar-refractivity contribution in [2.45, 2.75) is 25.4 Å². The number of aliphatic hydroxyl groups is 1. The lowest BCUT2D eigenvalue weighted by atomic mass is 10.1. The van der Waals surface area contributed by atoms with E-state index in [1.54, 1.807) is 7.11 Å². The van der Waals surface area contributed by atoms with E-state index in [1.165, 1.54) is 6.08 Å². The van der Waals surface area contributed by atoms with Crippen LogP contribution in [0.1, 0.15) is 24.0 Å². The number of rotatable bonds is 6. The fourth-order valence-corrected chi connectivity index (χ4v) is 2.72. The summed E-state index contributed by atoms with van der Waals surface area (Å²) in [5.74, 6) is -0.335. The summed E-state index contributed by atoms with van der Waals surface area (Å²) in [6, 6.07) is 5.99. The van der Waals surface area contributed by atoms with Gasteiger partial charge in [0, 0.05) is 24.2 Å². The molecule has 2 rings (SSSR count). The first kappa shape index (κ1) is 15.5. The van der Waals surface area contributed by atoms with Gasteiger partial charge in [0.15, 0.2) is 0 Å². The van der Waals surface area contributed by atoms with Gasteiger partial charge < -0.3 is 14.9 Å². The zero-order valence-electron chi connectivity index (χ0n) is 12.2. The van der Waals surface area contributed by atoms with Crippen LogP contribution in [0.15, 0.2) is 24.3 Å². The molecule has 1 aliphatic heterocycles. The number of methoxy groups -OCH3 is 1. The second-order valence-electron chi connectivity index (χ2n) is 5.20. The lowest BCUT2D eigenvalue weighted by molar-refractivity contribution is -0.131. The Morgan fingerprint density at radius 3 is 3.00 bits per heavy atom. The molecule has 1 aromatic carbocycles. The van der Waals surface area contributed by atoms with Crippen LogP contribution in [-0.2, 0) is 11.3 Å².